The van der Waals surface area contributed by atoms with Crippen LogP contribution < -0.4 is 4.18 Å². The summed E-state index contributed by atoms with van der Waals surface area (Å²) in [5.41, 5.74) is 10.4. The van der Waals surface area contributed by atoms with Gasteiger partial charge < -0.3 is 13.8 Å². The first kappa shape index (κ1) is 41.9. The Morgan fingerprint density at radius 1 is 0.596 bits per heavy atom. The van der Waals surface area contributed by atoms with Gasteiger partial charge in [0.2, 0.25) is 0 Å². The fraction of sp³-hybridized carbons (Fsp3) is 0.512. The predicted molar refractivity (Wildman–Crippen MR) is 200 cm³/mol. The first-order valence-electron chi connectivity index (χ1n) is 17.2. The van der Waals surface area contributed by atoms with E-state index in [1.807, 2.05) is 13.0 Å². The first-order valence-corrected chi connectivity index (χ1v) is 18.5. The second kappa shape index (κ2) is 23.3. The van der Waals surface area contributed by atoms with Crippen LogP contribution in [0.25, 0.3) is 0 Å². The summed E-state index contributed by atoms with van der Waals surface area (Å²) in [5.74, 6) is -0.0677. The lowest BCUT2D eigenvalue weighted by Gasteiger charge is -2.11. The lowest BCUT2D eigenvalue weighted by Crippen LogP contribution is -2.07. The zero-order chi connectivity index (χ0) is 35.2. The number of phenols is 1. The van der Waals surface area contributed by atoms with Crippen LogP contribution >= 0.6 is 0 Å². The van der Waals surface area contributed by atoms with Crippen molar-refractivity contribution in [2.45, 2.75) is 139 Å². The van der Waals surface area contributed by atoms with Gasteiger partial charge in [0.15, 0.2) is 0 Å². The van der Waals surface area contributed by atoms with Gasteiger partial charge in [0.05, 0.1) is 0 Å². The number of aromatic hydroxyl groups is 1. The summed E-state index contributed by atoms with van der Waals surface area (Å²) >= 11 is 0. The second-order valence-corrected chi connectivity index (χ2v) is 14.3. The van der Waals surface area contributed by atoms with E-state index in [4.69, 9.17) is 0 Å². The van der Waals surface area contributed by atoms with Crippen LogP contribution in [0.3, 0.4) is 0 Å². The van der Waals surface area contributed by atoms with Gasteiger partial charge in [0.25, 0.3) is 10.4 Å². The molecule has 0 aliphatic heterocycles. The van der Waals surface area contributed by atoms with E-state index in [2.05, 4.69) is 89.1 Å². The van der Waals surface area contributed by atoms with E-state index in [1.54, 1.807) is 0 Å². The van der Waals surface area contributed by atoms with Crippen molar-refractivity contribution in [3.05, 3.63) is 105 Å². The molecule has 0 bridgehead atoms. The lowest BCUT2D eigenvalue weighted by molar-refractivity contribution is 0.371. The van der Waals surface area contributed by atoms with Crippen molar-refractivity contribution in [3.8, 4) is 11.5 Å². The van der Waals surface area contributed by atoms with E-state index in [9.17, 15) is 18.1 Å². The van der Waals surface area contributed by atoms with E-state index in [0.717, 1.165) is 70.6 Å². The summed E-state index contributed by atoms with van der Waals surface area (Å²) in [7, 11) is -4.85. The standard InChI is InChI=1S/C41H62O5S/c1-32(2)15-9-16-33(3)17-10-18-34(4)19-11-20-35(5)21-12-22-36(6)23-13-24-37(7)25-14-26-38(8)27-28-39-31-40(29-30-41(39)42)46-47(43,44)45/h15,17,19,21,23,25,27,29-31,42H,9-14,16,18,20,22,24,26,28H2,1-8H3,(H,43,44,45)/p-1/b33-17+,34-19+,35-21+,36-23+,37-25+,38-27+. The minimum Gasteiger partial charge on any atom is -0.716 e. The Labute approximate surface area is 287 Å². The zero-order valence-corrected chi connectivity index (χ0v) is 31.3. The lowest BCUT2D eigenvalue weighted by atomic mass is 10.0. The molecule has 5 nitrogen and oxygen atoms in total. The average Bonchev–Trinajstić information content (AvgIpc) is 2.96. The molecule has 0 aliphatic rings. The van der Waals surface area contributed by atoms with E-state index >= 15 is 0 Å². The predicted octanol–water partition coefficient (Wildman–Crippen LogP) is 12.1. The van der Waals surface area contributed by atoms with Crippen LogP contribution in [0.15, 0.2) is 99.7 Å². The van der Waals surface area contributed by atoms with Crippen molar-refractivity contribution in [2.24, 2.45) is 0 Å². The van der Waals surface area contributed by atoms with Crippen molar-refractivity contribution in [3.63, 3.8) is 0 Å². The van der Waals surface area contributed by atoms with Crippen LogP contribution in [0.5, 0.6) is 11.5 Å². The highest BCUT2D eigenvalue weighted by Crippen LogP contribution is 2.25. The third-order valence-corrected chi connectivity index (χ3v) is 8.56. The summed E-state index contributed by atoms with van der Waals surface area (Å²) in [6.07, 6.45) is 29.6. The molecule has 6 heteroatoms. The molecule has 0 amide bonds. The smallest absolute Gasteiger partial charge is 0.262 e. The highest BCUT2D eigenvalue weighted by atomic mass is 32.3. The molecule has 1 N–H and O–H groups in total. The van der Waals surface area contributed by atoms with E-state index in [1.165, 1.54) is 63.6 Å². The molecule has 0 saturated carbocycles. The Hall–Kier alpha value is -3.09. The Balaban J connectivity index is 2.33. The van der Waals surface area contributed by atoms with Crippen LogP contribution in [-0.4, -0.2) is 18.1 Å². The molecule has 0 spiro atoms. The van der Waals surface area contributed by atoms with Gasteiger partial charge in [0, 0.05) is 5.56 Å². The number of hydrogen-bond acceptors (Lipinski definition) is 5. The number of allylic oxidation sites excluding steroid dienone is 14. The Morgan fingerprint density at radius 2 is 0.936 bits per heavy atom. The molecule has 1 aromatic carbocycles. The van der Waals surface area contributed by atoms with Gasteiger partial charge >= 0.3 is 0 Å². The van der Waals surface area contributed by atoms with E-state index in [-0.39, 0.29) is 11.5 Å². The molecule has 47 heavy (non-hydrogen) atoms. The Kier molecular flexibility index (Phi) is 20.8. The van der Waals surface area contributed by atoms with Gasteiger partial charge in [-0.2, -0.15) is 0 Å². The largest absolute Gasteiger partial charge is 0.716 e. The Morgan fingerprint density at radius 3 is 1.28 bits per heavy atom. The van der Waals surface area contributed by atoms with Crippen molar-refractivity contribution < 1.29 is 22.3 Å². The molecule has 0 atom stereocenters. The zero-order valence-electron chi connectivity index (χ0n) is 30.5. The van der Waals surface area contributed by atoms with E-state index < -0.39 is 10.4 Å². The molecule has 1 aromatic rings. The maximum Gasteiger partial charge on any atom is 0.262 e. The monoisotopic (exact) mass is 665 g/mol. The number of benzene rings is 1. The van der Waals surface area contributed by atoms with Crippen molar-refractivity contribution in [1.29, 1.82) is 0 Å². The summed E-state index contributed by atoms with van der Waals surface area (Å²) < 4.78 is 36.9. The van der Waals surface area contributed by atoms with Crippen LogP contribution in [0.2, 0.25) is 0 Å². The highest BCUT2D eigenvalue weighted by Gasteiger charge is 2.06. The summed E-state index contributed by atoms with van der Waals surface area (Å²) in [6, 6.07) is 3.96. The average molecular weight is 666 g/mol. The molecule has 0 radical (unpaired) electrons. The van der Waals surface area contributed by atoms with Crippen molar-refractivity contribution in [1.82, 2.24) is 0 Å². The normalized spacial score (nSPS) is 14.1. The van der Waals surface area contributed by atoms with Gasteiger partial charge in [-0.25, -0.2) is 8.42 Å². The fourth-order valence-electron chi connectivity index (χ4n) is 5.11. The summed E-state index contributed by atoms with van der Waals surface area (Å²) in [4.78, 5) is 0. The third kappa shape index (κ3) is 23.0. The van der Waals surface area contributed by atoms with E-state index in [0.29, 0.717) is 12.0 Å². The highest BCUT2D eigenvalue weighted by molar-refractivity contribution is 7.81. The topological polar surface area (TPSA) is 86.7 Å². The van der Waals surface area contributed by atoms with Gasteiger partial charge in [-0.15, -0.1) is 0 Å². The molecule has 0 fully saturated rings. The molecular weight excluding hydrogens is 605 g/mol. The van der Waals surface area contributed by atoms with Crippen molar-refractivity contribution >= 4 is 10.4 Å². The maximum absolute atomic E-state index is 10.8. The second-order valence-electron chi connectivity index (χ2n) is 13.3. The summed E-state index contributed by atoms with van der Waals surface area (Å²) in [5, 5.41) is 10.1. The molecular formula is C41H61O5S-. The van der Waals surface area contributed by atoms with Crippen LogP contribution in [-0.2, 0) is 16.8 Å². The van der Waals surface area contributed by atoms with Gasteiger partial charge in [0.1, 0.15) is 11.5 Å². The number of hydrogen-bond donors (Lipinski definition) is 1. The van der Waals surface area contributed by atoms with Gasteiger partial charge in [-0.3, -0.25) is 0 Å². The molecule has 262 valence electrons. The quantitative estimate of drug-likeness (QED) is 0.0756. The minimum atomic E-state index is -4.85. The first-order chi connectivity index (χ1) is 22.1. The molecule has 0 heterocycles. The minimum absolute atomic E-state index is 0.0315. The SMILES string of the molecule is CC(C)=CCC/C(C)=C/CC/C(C)=C/CC/C(C)=C/CC/C(C)=C/CC/C(C)=C/CC/C(C)=C/Cc1cc(OS(=O)(=O)[O-])ccc1O. The van der Waals surface area contributed by atoms with Gasteiger partial charge in [-0.05, 0) is 157 Å². The van der Waals surface area contributed by atoms with Crippen LogP contribution in [0.1, 0.15) is 138 Å². The molecule has 0 saturated heterocycles. The molecule has 1 rings (SSSR count). The summed E-state index contributed by atoms with van der Waals surface area (Å²) in [6.45, 7) is 17.6. The molecule has 0 aromatic heterocycles. The molecule has 0 unspecified atom stereocenters. The number of phenolic OH excluding ortho intramolecular Hbond substituents is 1. The Bertz CT molecular complexity index is 1430. The third-order valence-electron chi connectivity index (χ3n) is 8.17. The maximum atomic E-state index is 10.8. The number of rotatable bonds is 22. The van der Waals surface area contributed by atoms with Crippen molar-refractivity contribution in [2.75, 3.05) is 0 Å². The van der Waals surface area contributed by atoms with Crippen LogP contribution in [0, 0.1) is 0 Å². The fourth-order valence-corrected chi connectivity index (χ4v) is 5.45. The van der Waals surface area contributed by atoms with Crippen LogP contribution in [0.4, 0.5) is 0 Å². The molecule has 0 aliphatic carbocycles. The van der Waals surface area contributed by atoms with Gasteiger partial charge in [-0.1, -0.05) is 81.5 Å².